The van der Waals surface area contributed by atoms with Crippen LogP contribution in [0.5, 0.6) is 0 Å². The number of ether oxygens (including phenoxy) is 1. The van der Waals surface area contributed by atoms with Gasteiger partial charge in [0.2, 0.25) is 0 Å². The number of anilines is 1. The molecule has 0 radical (unpaired) electrons. The first-order chi connectivity index (χ1) is 15.6. The number of amides is 1. The lowest BCUT2D eigenvalue weighted by Gasteiger charge is -2.09. The minimum atomic E-state index is -0.718. The standard InChI is InChI=1S/C23H20N4O5/c28-21(14-31-22(29)13-26-18-8-4-5-9-19(18)32-23(26)30)24-20-12-17(15-10-11-15)25-27(20)16-6-2-1-3-7-16/h1-9,12,15H,10-11,13-14H2,(H,24,28). The van der Waals surface area contributed by atoms with E-state index < -0.39 is 24.2 Å². The molecule has 2 aromatic carbocycles. The highest BCUT2D eigenvalue weighted by atomic mass is 16.5. The number of rotatable bonds is 7. The zero-order valence-electron chi connectivity index (χ0n) is 17.1. The van der Waals surface area contributed by atoms with Crippen molar-refractivity contribution in [1.29, 1.82) is 0 Å². The van der Waals surface area contributed by atoms with Crippen LogP contribution in [0, 0.1) is 0 Å². The fourth-order valence-electron chi connectivity index (χ4n) is 3.50. The largest absolute Gasteiger partial charge is 0.454 e. The maximum absolute atomic E-state index is 12.5. The van der Waals surface area contributed by atoms with E-state index in [1.54, 1.807) is 28.9 Å². The van der Waals surface area contributed by atoms with Gasteiger partial charge in [-0.25, -0.2) is 9.48 Å². The first kappa shape index (κ1) is 19.8. The van der Waals surface area contributed by atoms with E-state index in [-0.39, 0.29) is 6.54 Å². The number of hydrogen-bond acceptors (Lipinski definition) is 6. The van der Waals surface area contributed by atoms with Crippen LogP contribution < -0.4 is 11.1 Å². The average Bonchev–Trinajstić information content (AvgIpc) is 3.50. The van der Waals surface area contributed by atoms with Crippen molar-refractivity contribution in [2.45, 2.75) is 25.3 Å². The summed E-state index contributed by atoms with van der Waals surface area (Å²) in [6, 6.07) is 18.1. The van der Waals surface area contributed by atoms with Gasteiger partial charge in [0.15, 0.2) is 12.2 Å². The van der Waals surface area contributed by atoms with Gasteiger partial charge in [-0.05, 0) is 37.1 Å². The van der Waals surface area contributed by atoms with Crippen LogP contribution in [0.3, 0.4) is 0 Å². The Hall–Kier alpha value is -4.14. The maximum atomic E-state index is 12.5. The molecular weight excluding hydrogens is 412 g/mol. The van der Waals surface area contributed by atoms with Gasteiger partial charge in [0.05, 0.1) is 16.9 Å². The van der Waals surface area contributed by atoms with E-state index >= 15 is 0 Å². The van der Waals surface area contributed by atoms with E-state index in [9.17, 15) is 14.4 Å². The highest BCUT2D eigenvalue weighted by molar-refractivity contribution is 5.92. The van der Waals surface area contributed by atoms with Crippen LogP contribution in [0.15, 0.2) is 69.9 Å². The molecule has 0 bridgehead atoms. The molecule has 1 fully saturated rings. The molecule has 4 aromatic rings. The topological polar surface area (TPSA) is 108 Å². The molecule has 1 N–H and O–H groups in total. The van der Waals surface area contributed by atoms with Crippen molar-refractivity contribution in [3.63, 3.8) is 0 Å². The monoisotopic (exact) mass is 432 g/mol. The number of fused-ring (bicyclic) bond motifs is 1. The Morgan fingerprint density at radius 3 is 2.62 bits per heavy atom. The quantitative estimate of drug-likeness (QED) is 0.450. The van der Waals surface area contributed by atoms with Crippen molar-refractivity contribution in [2.75, 3.05) is 11.9 Å². The van der Waals surface area contributed by atoms with Gasteiger partial charge in [-0.3, -0.25) is 14.2 Å². The molecule has 1 aliphatic carbocycles. The summed E-state index contributed by atoms with van der Waals surface area (Å²) >= 11 is 0. The lowest BCUT2D eigenvalue weighted by Crippen LogP contribution is -2.26. The summed E-state index contributed by atoms with van der Waals surface area (Å²) in [6.45, 7) is -0.834. The molecule has 0 saturated heterocycles. The van der Waals surface area contributed by atoms with E-state index in [4.69, 9.17) is 9.15 Å². The third-order valence-corrected chi connectivity index (χ3v) is 5.22. The van der Waals surface area contributed by atoms with Crippen LogP contribution in [0.4, 0.5) is 5.82 Å². The number of aromatic nitrogens is 3. The molecule has 2 heterocycles. The number of hydrogen-bond donors (Lipinski definition) is 1. The summed E-state index contributed by atoms with van der Waals surface area (Å²) in [7, 11) is 0. The van der Waals surface area contributed by atoms with Gasteiger partial charge in [0, 0.05) is 12.0 Å². The highest BCUT2D eigenvalue weighted by Crippen LogP contribution is 2.40. The Labute approximate surface area is 182 Å². The number of nitrogens with zero attached hydrogens (tertiary/aromatic N) is 3. The van der Waals surface area contributed by atoms with Gasteiger partial charge in [-0.2, -0.15) is 5.10 Å². The predicted octanol–water partition coefficient (Wildman–Crippen LogP) is 2.84. The van der Waals surface area contributed by atoms with E-state index in [1.807, 2.05) is 36.4 Å². The number of benzene rings is 2. The van der Waals surface area contributed by atoms with Crippen LogP contribution in [-0.2, 0) is 20.9 Å². The zero-order chi connectivity index (χ0) is 22.1. The molecule has 0 aliphatic heterocycles. The third kappa shape index (κ3) is 4.04. The van der Waals surface area contributed by atoms with Gasteiger partial charge in [0.25, 0.3) is 5.91 Å². The predicted molar refractivity (Wildman–Crippen MR) is 116 cm³/mol. The summed E-state index contributed by atoms with van der Waals surface area (Å²) in [6.07, 6.45) is 2.16. The number of carbonyl (C=O) groups excluding carboxylic acids is 2. The Bertz CT molecular complexity index is 1350. The minimum Gasteiger partial charge on any atom is -0.454 e. The fraction of sp³-hybridized carbons (Fsp3) is 0.217. The van der Waals surface area contributed by atoms with E-state index in [1.165, 1.54) is 4.57 Å². The Kier molecular flexibility index (Phi) is 5.06. The minimum absolute atomic E-state index is 0.350. The zero-order valence-corrected chi connectivity index (χ0v) is 17.1. The van der Waals surface area contributed by atoms with Crippen molar-refractivity contribution in [1.82, 2.24) is 14.3 Å². The molecular formula is C23H20N4O5. The number of oxazole rings is 1. The highest BCUT2D eigenvalue weighted by Gasteiger charge is 2.28. The molecule has 0 unspecified atom stereocenters. The average molecular weight is 432 g/mol. The van der Waals surface area contributed by atoms with E-state index in [2.05, 4.69) is 10.4 Å². The Balaban J connectivity index is 1.25. The molecule has 0 spiro atoms. The second-order valence-corrected chi connectivity index (χ2v) is 7.61. The maximum Gasteiger partial charge on any atom is 0.420 e. The van der Waals surface area contributed by atoms with Crippen LogP contribution in [0.25, 0.3) is 16.8 Å². The molecule has 9 heteroatoms. The molecule has 0 atom stereocenters. The molecule has 1 aliphatic rings. The molecule has 162 valence electrons. The van der Waals surface area contributed by atoms with Crippen molar-refractivity contribution in [3.8, 4) is 5.69 Å². The number of para-hydroxylation sites is 3. The van der Waals surface area contributed by atoms with Crippen molar-refractivity contribution < 1.29 is 18.7 Å². The molecule has 2 aromatic heterocycles. The van der Waals surface area contributed by atoms with Gasteiger partial charge < -0.3 is 14.5 Å². The summed E-state index contributed by atoms with van der Waals surface area (Å²) in [5.41, 5.74) is 2.60. The summed E-state index contributed by atoms with van der Waals surface area (Å²) in [5, 5.41) is 7.39. The Morgan fingerprint density at radius 1 is 1.09 bits per heavy atom. The molecule has 1 saturated carbocycles. The first-order valence-corrected chi connectivity index (χ1v) is 10.3. The smallest absolute Gasteiger partial charge is 0.420 e. The number of carbonyl (C=O) groups is 2. The second kappa shape index (κ2) is 8.18. The van der Waals surface area contributed by atoms with Crippen molar-refractivity contribution in [3.05, 3.63) is 76.9 Å². The van der Waals surface area contributed by atoms with Gasteiger partial charge in [-0.15, -0.1) is 0 Å². The second-order valence-electron chi connectivity index (χ2n) is 7.61. The van der Waals surface area contributed by atoms with Crippen LogP contribution in [0.2, 0.25) is 0 Å². The number of esters is 1. The summed E-state index contributed by atoms with van der Waals surface area (Å²) < 4.78 is 13.0. The molecule has 5 rings (SSSR count). The van der Waals surface area contributed by atoms with Crippen LogP contribution in [0.1, 0.15) is 24.5 Å². The van der Waals surface area contributed by atoms with Crippen LogP contribution >= 0.6 is 0 Å². The van der Waals surface area contributed by atoms with E-state index in [0.717, 1.165) is 24.2 Å². The molecule has 1 amide bonds. The van der Waals surface area contributed by atoms with E-state index in [0.29, 0.717) is 22.8 Å². The molecule has 9 nitrogen and oxygen atoms in total. The summed E-state index contributed by atoms with van der Waals surface area (Å²) in [4.78, 5) is 36.7. The van der Waals surface area contributed by atoms with Crippen LogP contribution in [-0.4, -0.2) is 32.8 Å². The number of nitrogens with one attached hydrogen (secondary N) is 1. The third-order valence-electron chi connectivity index (χ3n) is 5.22. The SMILES string of the molecule is O=C(COC(=O)Cn1c(=O)oc2ccccc21)Nc1cc(C2CC2)nn1-c1ccccc1. The van der Waals surface area contributed by atoms with Gasteiger partial charge >= 0.3 is 11.7 Å². The van der Waals surface area contributed by atoms with Crippen molar-refractivity contribution >= 4 is 28.8 Å². The fourth-order valence-corrected chi connectivity index (χ4v) is 3.50. The lowest BCUT2D eigenvalue weighted by molar-refractivity contribution is -0.147. The lowest BCUT2D eigenvalue weighted by atomic mass is 10.3. The summed E-state index contributed by atoms with van der Waals surface area (Å²) in [5.74, 6) is -0.953. The van der Waals surface area contributed by atoms with Gasteiger partial charge in [0.1, 0.15) is 12.4 Å². The first-order valence-electron chi connectivity index (χ1n) is 10.3. The van der Waals surface area contributed by atoms with Crippen molar-refractivity contribution in [2.24, 2.45) is 0 Å². The molecule has 32 heavy (non-hydrogen) atoms. The normalized spacial score (nSPS) is 13.2. The van der Waals surface area contributed by atoms with Gasteiger partial charge in [-0.1, -0.05) is 30.3 Å². The Morgan fingerprint density at radius 2 is 1.84 bits per heavy atom.